The van der Waals surface area contributed by atoms with Crippen molar-refractivity contribution in [1.82, 2.24) is 5.32 Å². The maximum absolute atomic E-state index is 12.6. The Morgan fingerprint density at radius 1 is 1.04 bits per heavy atom. The predicted octanol–water partition coefficient (Wildman–Crippen LogP) is 3.94. The fourth-order valence-electron chi connectivity index (χ4n) is 2.84. The maximum atomic E-state index is 12.6. The zero-order chi connectivity index (χ0) is 18.8. The van der Waals surface area contributed by atoms with Crippen molar-refractivity contribution in [3.63, 3.8) is 0 Å². The van der Waals surface area contributed by atoms with Crippen molar-refractivity contribution < 1.29 is 27.4 Å². The first-order valence-corrected chi connectivity index (χ1v) is 8.10. The molecule has 1 fully saturated rings. The van der Waals surface area contributed by atoms with Gasteiger partial charge in [-0.3, -0.25) is 4.79 Å². The fourth-order valence-corrected chi connectivity index (χ4v) is 2.84. The van der Waals surface area contributed by atoms with Crippen LogP contribution in [0.1, 0.15) is 24.0 Å². The molecule has 0 radical (unpaired) electrons. The van der Waals surface area contributed by atoms with E-state index in [-0.39, 0.29) is 18.2 Å². The van der Waals surface area contributed by atoms with Gasteiger partial charge >= 0.3 is 6.36 Å². The monoisotopic (exact) mass is 365 g/mol. The van der Waals surface area contributed by atoms with E-state index >= 15 is 0 Å². The number of carbonyl (C=O) groups is 1. The molecule has 3 rings (SSSR count). The molecular formula is C19H18F3NO3. The summed E-state index contributed by atoms with van der Waals surface area (Å²) in [6.07, 6.45) is -3.18. The largest absolute Gasteiger partial charge is 0.573 e. The van der Waals surface area contributed by atoms with Crippen LogP contribution in [0.15, 0.2) is 48.5 Å². The summed E-state index contributed by atoms with van der Waals surface area (Å²) in [4.78, 5) is 12.6. The van der Waals surface area contributed by atoms with E-state index < -0.39 is 11.8 Å². The molecule has 0 bridgehead atoms. The van der Waals surface area contributed by atoms with Gasteiger partial charge in [-0.2, -0.15) is 0 Å². The molecule has 1 aliphatic rings. The number of alkyl halides is 3. The van der Waals surface area contributed by atoms with E-state index in [0.29, 0.717) is 5.56 Å². The number of methoxy groups -OCH3 is 1. The van der Waals surface area contributed by atoms with Gasteiger partial charge in [0.2, 0.25) is 5.91 Å². The maximum Gasteiger partial charge on any atom is 0.573 e. The van der Waals surface area contributed by atoms with E-state index in [1.807, 2.05) is 24.3 Å². The van der Waals surface area contributed by atoms with E-state index in [2.05, 4.69) is 10.1 Å². The Bertz CT molecular complexity index is 766. The molecule has 1 N–H and O–H groups in total. The lowest BCUT2D eigenvalue weighted by Crippen LogP contribution is -2.34. The van der Waals surface area contributed by atoms with Crippen LogP contribution in [0, 0.1) is 0 Å². The van der Waals surface area contributed by atoms with Crippen molar-refractivity contribution in [2.75, 3.05) is 7.11 Å². The molecule has 1 saturated carbocycles. The fraction of sp³-hybridized carbons (Fsp3) is 0.316. The Morgan fingerprint density at radius 3 is 2.12 bits per heavy atom. The van der Waals surface area contributed by atoms with Crippen molar-refractivity contribution in [3.05, 3.63) is 59.7 Å². The van der Waals surface area contributed by atoms with Crippen LogP contribution in [0.5, 0.6) is 11.5 Å². The first kappa shape index (κ1) is 18.1. The molecule has 26 heavy (non-hydrogen) atoms. The molecule has 4 nitrogen and oxygen atoms in total. The summed E-state index contributed by atoms with van der Waals surface area (Å²) in [6.45, 7) is 0.239. The molecule has 7 heteroatoms. The first-order valence-electron chi connectivity index (χ1n) is 8.10. The molecule has 0 aromatic heterocycles. The van der Waals surface area contributed by atoms with E-state index in [9.17, 15) is 18.0 Å². The Kier molecular flexibility index (Phi) is 4.80. The quantitative estimate of drug-likeness (QED) is 0.844. The van der Waals surface area contributed by atoms with Crippen molar-refractivity contribution >= 4 is 5.91 Å². The second kappa shape index (κ2) is 6.90. The van der Waals surface area contributed by atoms with E-state index in [4.69, 9.17) is 4.74 Å². The van der Waals surface area contributed by atoms with Crippen LogP contribution < -0.4 is 14.8 Å². The summed E-state index contributed by atoms with van der Waals surface area (Å²) in [7, 11) is 1.58. The summed E-state index contributed by atoms with van der Waals surface area (Å²) in [5, 5.41) is 2.86. The normalized spacial score (nSPS) is 15.2. The van der Waals surface area contributed by atoms with E-state index in [0.717, 1.165) is 24.2 Å². The minimum Gasteiger partial charge on any atom is -0.497 e. The highest BCUT2D eigenvalue weighted by Crippen LogP contribution is 2.48. The smallest absolute Gasteiger partial charge is 0.497 e. The van der Waals surface area contributed by atoms with Gasteiger partial charge < -0.3 is 14.8 Å². The van der Waals surface area contributed by atoms with Gasteiger partial charge in [-0.1, -0.05) is 24.3 Å². The molecular weight excluding hydrogens is 347 g/mol. The van der Waals surface area contributed by atoms with Gasteiger partial charge in [0.1, 0.15) is 11.5 Å². The number of carbonyl (C=O) groups excluding carboxylic acids is 1. The Labute approximate surface area is 148 Å². The molecule has 0 atom stereocenters. The lowest BCUT2D eigenvalue weighted by molar-refractivity contribution is -0.274. The SMILES string of the molecule is COc1ccc(C2(C(=O)NCc3ccc(OC(F)(F)F)cc3)CC2)cc1. The highest BCUT2D eigenvalue weighted by Gasteiger charge is 2.51. The zero-order valence-electron chi connectivity index (χ0n) is 14.1. The third-order valence-electron chi connectivity index (χ3n) is 4.44. The van der Waals surface area contributed by atoms with Crippen LogP contribution in [0.25, 0.3) is 0 Å². The van der Waals surface area contributed by atoms with Crippen LogP contribution in [0.3, 0.4) is 0 Å². The Morgan fingerprint density at radius 2 is 1.62 bits per heavy atom. The lowest BCUT2D eigenvalue weighted by Gasteiger charge is -2.16. The van der Waals surface area contributed by atoms with Gasteiger partial charge in [0.05, 0.1) is 12.5 Å². The van der Waals surface area contributed by atoms with Gasteiger partial charge in [-0.25, -0.2) is 0 Å². The molecule has 0 spiro atoms. The lowest BCUT2D eigenvalue weighted by atomic mass is 9.95. The van der Waals surface area contributed by atoms with Crippen LogP contribution in [-0.2, 0) is 16.8 Å². The van der Waals surface area contributed by atoms with Gasteiger partial charge in [-0.15, -0.1) is 13.2 Å². The third-order valence-corrected chi connectivity index (χ3v) is 4.44. The number of amides is 1. The zero-order valence-corrected chi connectivity index (χ0v) is 14.1. The number of hydrogen-bond donors (Lipinski definition) is 1. The van der Waals surface area contributed by atoms with Crippen LogP contribution in [0.4, 0.5) is 13.2 Å². The van der Waals surface area contributed by atoms with Gasteiger partial charge in [-0.05, 0) is 48.2 Å². The molecule has 0 unspecified atom stereocenters. The number of hydrogen-bond acceptors (Lipinski definition) is 3. The second-order valence-corrected chi connectivity index (χ2v) is 6.19. The highest BCUT2D eigenvalue weighted by atomic mass is 19.4. The van der Waals surface area contributed by atoms with Crippen molar-refractivity contribution in [1.29, 1.82) is 0 Å². The molecule has 0 heterocycles. The van der Waals surface area contributed by atoms with Crippen LogP contribution >= 0.6 is 0 Å². The molecule has 2 aromatic carbocycles. The molecule has 2 aromatic rings. The average Bonchev–Trinajstić information content (AvgIpc) is 3.41. The van der Waals surface area contributed by atoms with Crippen LogP contribution in [0.2, 0.25) is 0 Å². The second-order valence-electron chi connectivity index (χ2n) is 6.19. The summed E-state index contributed by atoms with van der Waals surface area (Å²) in [5.74, 6) is 0.355. The summed E-state index contributed by atoms with van der Waals surface area (Å²) < 4.78 is 45.4. The first-order chi connectivity index (χ1) is 12.3. The number of benzene rings is 2. The van der Waals surface area contributed by atoms with Gasteiger partial charge in [0.15, 0.2) is 0 Å². The van der Waals surface area contributed by atoms with Crippen molar-refractivity contribution in [2.24, 2.45) is 0 Å². The van der Waals surface area contributed by atoms with E-state index in [1.54, 1.807) is 7.11 Å². The highest BCUT2D eigenvalue weighted by molar-refractivity contribution is 5.91. The molecule has 1 amide bonds. The molecule has 138 valence electrons. The Balaban J connectivity index is 1.60. The number of rotatable bonds is 6. The third kappa shape index (κ3) is 4.09. The van der Waals surface area contributed by atoms with Gasteiger partial charge in [0.25, 0.3) is 0 Å². The minimum atomic E-state index is -4.72. The van der Waals surface area contributed by atoms with Crippen molar-refractivity contribution in [3.8, 4) is 11.5 Å². The number of nitrogens with one attached hydrogen (secondary N) is 1. The molecule has 0 aliphatic heterocycles. The molecule has 1 aliphatic carbocycles. The summed E-state index contributed by atoms with van der Waals surface area (Å²) in [5.41, 5.74) is 1.11. The molecule has 0 saturated heterocycles. The number of halogens is 3. The Hall–Kier alpha value is -2.70. The standard InChI is InChI=1S/C19H18F3NO3/c1-25-15-8-4-14(5-9-15)18(10-11-18)17(24)23-12-13-2-6-16(7-3-13)26-19(20,21)22/h2-9H,10-12H2,1H3,(H,23,24). The van der Waals surface area contributed by atoms with Crippen molar-refractivity contribution in [2.45, 2.75) is 31.2 Å². The summed E-state index contributed by atoms with van der Waals surface area (Å²) in [6, 6.07) is 12.9. The number of ether oxygens (including phenoxy) is 2. The van der Waals surface area contributed by atoms with Gasteiger partial charge in [0, 0.05) is 6.54 Å². The predicted molar refractivity (Wildman–Crippen MR) is 88.9 cm³/mol. The minimum absolute atomic E-state index is 0.0849. The van der Waals surface area contributed by atoms with E-state index in [1.165, 1.54) is 24.3 Å². The van der Waals surface area contributed by atoms with Crippen LogP contribution in [-0.4, -0.2) is 19.4 Å². The topological polar surface area (TPSA) is 47.6 Å². The average molecular weight is 365 g/mol. The summed E-state index contributed by atoms with van der Waals surface area (Å²) >= 11 is 0.